The molecule has 0 aliphatic carbocycles. The van der Waals surface area contributed by atoms with E-state index >= 15 is 0 Å². The third-order valence-corrected chi connectivity index (χ3v) is 1.01. The normalized spacial score (nSPS) is 8.57. The molecule has 8 heteroatoms. The second kappa shape index (κ2) is 5.30. The fraction of sp³-hybridized carbons (Fsp3) is 0. The van der Waals surface area contributed by atoms with Gasteiger partial charge in [-0.1, -0.05) is 0 Å². The minimum Gasteiger partial charge on any atom is -0.368 e. The van der Waals surface area contributed by atoms with Crippen molar-refractivity contribution in [2.24, 2.45) is 0 Å². The van der Waals surface area contributed by atoms with Crippen molar-refractivity contribution in [3.63, 3.8) is 0 Å². The van der Waals surface area contributed by atoms with Gasteiger partial charge in [0.25, 0.3) is 0 Å². The van der Waals surface area contributed by atoms with Crippen LogP contribution in [0.2, 0.25) is 0 Å². The van der Waals surface area contributed by atoms with E-state index in [1.165, 1.54) is 25.3 Å². The van der Waals surface area contributed by atoms with Crippen LogP contribution in [0.25, 0.3) is 0 Å². The maximum absolute atomic E-state index is 5.12. The van der Waals surface area contributed by atoms with Gasteiger partial charge in [-0.3, -0.25) is 0 Å². The van der Waals surface area contributed by atoms with Gasteiger partial charge in [0.15, 0.2) is 0 Å². The van der Waals surface area contributed by atoms with Crippen LogP contribution in [0.4, 0.5) is 11.9 Å². The van der Waals surface area contributed by atoms with E-state index in [-0.39, 0.29) is 11.9 Å². The van der Waals surface area contributed by atoms with Gasteiger partial charge in [0.2, 0.25) is 11.9 Å². The van der Waals surface area contributed by atoms with E-state index in [4.69, 9.17) is 11.5 Å². The maximum Gasteiger partial charge on any atom is 0.224 e. The van der Waals surface area contributed by atoms with E-state index in [0.29, 0.717) is 0 Å². The molecule has 4 N–H and O–H groups in total. The molecule has 2 aromatic rings. The van der Waals surface area contributed by atoms with Gasteiger partial charge < -0.3 is 11.5 Å². The lowest BCUT2D eigenvalue weighted by Gasteiger charge is -1.88. The molecular formula is C6H8N8. The summed E-state index contributed by atoms with van der Waals surface area (Å²) in [4.78, 5) is 21.2. The molecule has 0 unspecified atom stereocenters. The summed E-state index contributed by atoms with van der Waals surface area (Å²) in [7, 11) is 0. The predicted molar refractivity (Wildman–Crippen MR) is 48.5 cm³/mol. The van der Waals surface area contributed by atoms with Crippen molar-refractivity contribution in [2.75, 3.05) is 11.5 Å². The Bertz CT molecular complexity index is 319. The first kappa shape index (κ1) is 9.71. The topological polar surface area (TPSA) is 129 Å². The molecule has 0 amide bonds. The quantitative estimate of drug-likeness (QED) is 0.538. The molecule has 14 heavy (non-hydrogen) atoms. The first-order chi connectivity index (χ1) is 6.79. The average molecular weight is 192 g/mol. The van der Waals surface area contributed by atoms with Crippen molar-refractivity contribution in [1.29, 1.82) is 0 Å². The molecular weight excluding hydrogens is 184 g/mol. The van der Waals surface area contributed by atoms with Gasteiger partial charge in [0, 0.05) is 0 Å². The zero-order valence-electron chi connectivity index (χ0n) is 7.15. The minimum atomic E-state index is 0.150. The van der Waals surface area contributed by atoms with E-state index < -0.39 is 0 Å². The lowest BCUT2D eigenvalue weighted by atomic mass is 10.9. The van der Waals surface area contributed by atoms with Crippen LogP contribution in [0.3, 0.4) is 0 Å². The number of anilines is 2. The Morgan fingerprint density at radius 2 is 1.14 bits per heavy atom. The van der Waals surface area contributed by atoms with Crippen LogP contribution in [-0.4, -0.2) is 29.9 Å². The van der Waals surface area contributed by atoms with Gasteiger partial charge in [-0.2, -0.15) is 4.98 Å². The van der Waals surface area contributed by atoms with E-state index in [1.807, 2.05) is 0 Å². The molecule has 0 aliphatic rings. The Labute approximate surface area is 79.5 Å². The third kappa shape index (κ3) is 3.85. The van der Waals surface area contributed by atoms with Crippen molar-refractivity contribution in [3.05, 3.63) is 25.3 Å². The summed E-state index contributed by atoms with van der Waals surface area (Å²) in [5, 5.41) is 0. The largest absolute Gasteiger partial charge is 0.368 e. The zero-order valence-corrected chi connectivity index (χ0v) is 7.15. The number of nitrogen functional groups attached to an aromatic ring is 2. The van der Waals surface area contributed by atoms with Crippen LogP contribution in [0, 0.1) is 0 Å². The van der Waals surface area contributed by atoms with Crippen molar-refractivity contribution < 1.29 is 0 Å². The fourth-order valence-corrected chi connectivity index (χ4v) is 0.527. The molecule has 0 fully saturated rings. The molecule has 72 valence electrons. The van der Waals surface area contributed by atoms with E-state index in [0.717, 1.165) is 0 Å². The van der Waals surface area contributed by atoms with Crippen molar-refractivity contribution in [1.82, 2.24) is 29.9 Å². The van der Waals surface area contributed by atoms with Gasteiger partial charge in [0.05, 0.1) is 0 Å². The van der Waals surface area contributed by atoms with E-state index in [9.17, 15) is 0 Å². The number of hydrogen-bond donors (Lipinski definition) is 2. The summed E-state index contributed by atoms with van der Waals surface area (Å²) < 4.78 is 0. The number of nitrogens with zero attached hydrogens (tertiary/aromatic N) is 6. The molecule has 8 nitrogen and oxygen atoms in total. The highest BCUT2D eigenvalue weighted by Gasteiger charge is 1.86. The Kier molecular flexibility index (Phi) is 3.67. The highest BCUT2D eigenvalue weighted by molar-refractivity contribution is 5.22. The Balaban J connectivity index is 0.000000146. The predicted octanol–water partition coefficient (Wildman–Crippen LogP) is -1.09. The second-order valence-electron chi connectivity index (χ2n) is 2.00. The SMILES string of the molecule is Nc1ncnc(N)n1.c1ncncn1. The fourth-order valence-electron chi connectivity index (χ4n) is 0.527. The summed E-state index contributed by atoms with van der Waals surface area (Å²) in [5.41, 5.74) is 10.2. The van der Waals surface area contributed by atoms with Crippen molar-refractivity contribution >= 4 is 11.9 Å². The lowest BCUT2D eigenvalue weighted by Crippen LogP contribution is -2.00. The molecule has 0 saturated carbocycles. The number of aromatic nitrogens is 6. The van der Waals surface area contributed by atoms with Crippen LogP contribution >= 0.6 is 0 Å². The van der Waals surface area contributed by atoms with Crippen molar-refractivity contribution in [2.45, 2.75) is 0 Å². The van der Waals surface area contributed by atoms with Crippen molar-refractivity contribution in [3.8, 4) is 0 Å². The molecule has 0 radical (unpaired) electrons. The first-order valence-electron chi connectivity index (χ1n) is 3.54. The van der Waals surface area contributed by atoms with Crippen LogP contribution in [0.1, 0.15) is 0 Å². The molecule has 2 rings (SSSR count). The van der Waals surface area contributed by atoms with Crippen LogP contribution in [-0.2, 0) is 0 Å². The van der Waals surface area contributed by atoms with Gasteiger partial charge in [0.1, 0.15) is 25.3 Å². The van der Waals surface area contributed by atoms with Gasteiger partial charge in [-0.15, -0.1) is 0 Å². The molecule has 2 heterocycles. The number of hydrogen-bond acceptors (Lipinski definition) is 8. The van der Waals surface area contributed by atoms with Gasteiger partial charge >= 0.3 is 0 Å². The molecule has 2 aromatic heterocycles. The minimum absolute atomic E-state index is 0.150. The zero-order chi connectivity index (χ0) is 10.2. The van der Waals surface area contributed by atoms with Crippen LogP contribution < -0.4 is 11.5 Å². The Hall–Kier alpha value is -2.38. The summed E-state index contributed by atoms with van der Waals surface area (Å²) in [6, 6.07) is 0. The molecule has 0 aromatic carbocycles. The smallest absolute Gasteiger partial charge is 0.224 e. The Morgan fingerprint density at radius 3 is 1.36 bits per heavy atom. The highest BCUT2D eigenvalue weighted by Crippen LogP contribution is 1.88. The van der Waals surface area contributed by atoms with Crippen LogP contribution in [0.15, 0.2) is 25.3 Å². The molecule has 0 bridgehead atoms. The standard InChI is InChI=1S/C3H5N5.C3H3N3/c4-2-6-1-7-3(5)8-2;1-4-2-6-3-5-1/h1H,(H4,4,5,6,7,8);1-3H. The van der Waals surface area contributed by atoms with Gasteiger partial charge in [-0.05, 0) is 0 Å². The molecule has 0 atom stereocenters. The second-order valence-corrected chi connectivity index (χ2v) is 2.00. The molecule has 0 aliphatic heterocycles. The maximum atomic E-state index is 5.12. The van der Waals surface area contributed by atoms with E-state index in [2.05, 4.69) is 29.9 Å². The summed E-state index contributed by atoms with van der Waals surface area (Å²) in [6.07, 6.45) is 5.57. The highest BCUT2D eigenvalue weighted by atomic mass is 15.1. The number of nitrogens with two attached hydrogens (primary N) is 2. The number of rotatable bonds is 0. The monoisotopic (exact) mass is 192 g/mol. The lowest BCUT2D eigenvalue weighted by molar-refractivity contribution is 1.05. The van der Waals surface area contributed by atoms with Crippen LogP contribution in [0.5, 0.6) is 0 Å². The Morgan fingerprint density at radius 1 is 0.714 bits per heavy atom. The summed E-state index contributed by atoms with van der Waals surface area (Å²) in [5.74, 6) is 0.301. The van der Waals surface area contributed by atoms with E-state index in [1.54, 1.807) is 0 Å². The average Bonchev–Trinajstić information content (AvgIpc) is 2.21. The summed E-state index contributed by atoms with van der Waals surface area (Å²) in [6.45, 7) is 0. The van der Waals surface area contributed by atoms with Gasteiger partial charge in [-0.25, -0.2) is 24.9 Å². The third-order valence-electron chi connectivity index (χ3n) is 1.01. The molecule has 0 spiro atoms. The summed E-state index contributed by atoms with van der Waals surface area (Å²) >= 11 is 0. The first-order valence-corrected chi connectivity index (χ1v) is 3.54. The molecule has 0 saturated heterocycles.